The number of benzene rings is 2. The number of aliphatic hydroxyl groups is 1. The summed E-state index contributed by atoms with van der Waals surface area (Å²) in [5, 5.41) is 21.4. The summed E-state index contributed by atoms with van der Waals surface area (Å²) in [4.78, 5) is 23.9. The molecular formula is C21H25NO5. The molecule has 0 aliphatic rings. The number of aliphatic hydroxyl groups excluding tert-OH is 1. The van der Waals surface area contributed by atoms with Gasteiger partial charge in [0, 0.05) is 11.3 Å². The molecule has 0 aliphatic heterocycles. The van der Waals surface area contributed by atoms with Crippen molar-refractivity contribution in [2.75, 3.05) is 6.61 Å². The molecule has 0 saturated carbocycles. The van der Waals surface area contributed by atoms with Gasteiger partial charge < -0.3 is 9.84 Å². The molecule has 0 radical (unpaired) electrons. The summed E-state index contributed by atoms with van der Waals surface area (Å²) in [5.41, 5.74) is -0.751. The molecule has 2 rings (SSSR count). The maximum absolute atomic E-state index is 12.9. The van der Waals surface area contributed by atoms with Gasteiger partial charge in [0.15, 0.2) is 6.10 Å². The molecule has 0 aromatic heterocycles. The van der Waals surface area contributed by atoms with Gasteiger partial charge in [0.1, 0.15) is 6.61 Å². The molecule has 0 amide bonds. The second kappa shape index (κ2) is 9.28. The van der Waals surface area contributed by atoms with Crippen molar-refractivity contribution in [2.45, 2.75) is 38.3 Å². The lowest BCUT2D eigenvalue weighted by Crippen LogP contribution is -2.51. The fraction of sp³-hybridized carbons (Fsp3) is 0.381. The van der Waals surface area contributed by atoms with Gasteiger partial charge in [-0.05, 0) is 23.5 Å². The van der Waals surface area contributed by atoms with E-state index in [9.17, 15) is 20.0 Å². The number of hydrogen-bond donors (Lipinski definition) is 1. The molecule has 1 N–H and O–H groups in total. The van der Waals surface area contributed by atoms with Gasteiger partial charge in [0.2, 0.25) is 0 Å². The molecule has 2 aromatic rings. The highest BCUT2D eigenvalue weighted by Gasteiger charge is 2.52. The van der Waals surface area contributed by atoms with Gasteiger partial charge in [-0.2, -0.15) is 0 Å². The molecule has 1 atom stereocenters. The Bertz CT molecular complexity index is 708. The van der Waals surface area contributed by atoms with E-state index in [1.807, 2.05) is 50.2 Å². The molecule has 0 fully saturated rings. The summed E-state index contributed by atoms with van der Waals surface area (Å²) in [7, 11) is 0. The Morgan fingerprint density at radius 3 is 1.93 bits per heavy atom. The van der Waals surface area contributed by atoms with Crippen LogP contribution in [-0.2, 0) is 9.53 Å². The second-order valence-corrected chi connectivity index (χ2v) is 6.99. The largest absolute Gasteiger partial charge is 0.447 e. The van der Waals surface area contributed by atoms with Crippen molar-refractivity contribution in [1.29, 1.82) is 0 Å². The first kappa shape index (κ1) is 20.6. The van der Waals surface area contributed by atoms with Crippen LogP contribution >= 0.6 is 0 Å². The molecule has 144 valence electrons. The zero-order chi connectivity index (χ0) is 19.9. The average Bonchev–Trinajstić information content (AvgIpc) is 2.68. The first-order valence-corrected chi connectivity index (χ1v) is 8.97. The van der Waals surface area contributed by atoms with Gasteiger partial charge in [0.05, 0.1) is 0 Å². The van der Waals surface area contributed by atoms with Gasteiger partial charge in [-0.15, -0.1) is 0 Å². The number of nitrogens with zero attached hydrogens (tertiary/aromatic N) is 1. The summed E-state index contributed by atoms with van der Waals surface area (Å²) in [6.07, 6.45) is -0.439. The van der Waals surface area contributed by atoms with Crippen LogP contribution in [0.4, 0.5) is 0 Å². The lowest BCUT2D eigenvalue weighted by atomic mass is 9.91. The predicted molar refractivity (Wildman–Crippen MR) is 102 cm³/mol. The van der Waals surface area contributed by atoms with Crippen molar-refractivity contribution < 1.29 is 19.6 Å². The predicted octanol–water partition coefficient (Wildman–Crippen LogP) is 3.76. The molecule has 0 aliphatic carbocycles. The van der Waals surface area contributed by atoms with Gasteiger partial charge in [-0.1, -0.05) is 74.5 Å². The number of esters is 1. The normalized spacial score (nSPS) is 13.4. The molecule has 6 heteroatoms. The number of carbonyl (C=O) groups is 1. The lowest BCUT2D eigenvalue weighted by molar-refractivity contribution is -0.560. The molecule has 27 heavy (non-hydrogen) atoms. The molecule has 2 aromatic carbocycles. The molecular weight excluding hydrogens is 346 g/mol. The van der Waals surface area contributed by atoms with Crippen LogP contribution < -0.4 is 0 Å². The summed E-state index contributed by atoms with van der Waals surface area (Å²) < 4.78 is 5.63. The molecule has 0 bridgehead atoms. The van der Waals surface area contributed by atoms with Crippen LogP contribution in [0, 0.1) is 16.0 Å². The summed E-state index contributed by atoms with van der Waals surface area (Å²) in [5.74, 6) is -0.865. The van der Waals surface area contributed by atoms with Crippen molar-refractivity contribution >= 4 is 5.97 Å². The van der Waals surface area contributed by atoms with E-state index in [2.05, 4.69) is 0 Å². The van der Waals surface area contributed by atoms with Crippen LogP contribution in [0.5, 0.6) is 0 Å². The van der Waals surface area contributed by atoms with E-state index in [1.54, 1.807) is 24.3 Å². The summed E-state index contributed by atoms with van der Waals surface area (Å²) in [6, 6.07) is 18.1. The van der Waals surface area contributed by atoms with E-state index < -0.39 is 29.1 Å². The Balaban J connectivity index is 2.37. The van der Waals surface area contributed by atoms with Crippen LogP contribution in [0.1, 0.15) is 43.9 Å². The molecule has 0 spiro atoms. The van der Waals surface area contributed by atoms with Crippen LogP contribution in [0.25, 0.3) is 0 Å². The Labute approximate surface area is 158 Å². The Kier molecular flexibility index (Phi) is 7.07. The van der Waals surface area contributed by atoms with Gasteiger partial charge in [-0.3, -0.25) is 10.1 Å². The lowest BCUT2D eigenvalue weighted by Gasteiger charge is -2.26. The zero-order valence-corrected chi connectivity index (χ0v) is 15.6. The summed E-state index contributed by atoms with van der Waals surface area (Å²) in [6.45, 7) is 2.91. The number of nitro groups is 1. The molecule has 6 nitrogen and oxygen atoms in total. The topological polar surface area (TPSA) is 89.7 Å². The molecule has 0 heterocycles. The van der Waals surface area contributed by atoms with E-state index >= 15 is 0 Å². The quantitative estimate of drug-likeness (QED) is 0.412. The molecule has 0 saturated heterocycles. The minimum absolute atomic E-state index is 0.0801. The zero-order valence-electron chi connectivity index (χ0n) is 15.6. The fourth-order valence-electron chi connectivity index (χ4n) is 2.80. The third kappa shape index (κ3) is 4.92. The Morgan fingerprint density at radius 1 is 1.07 bits per heavy atom. The summed E-state index contributed by atoms with van der Waals surface area (Å²) >= 11 is 0. The van der Waals surface area contributed by atoms with Crippen molar-refractivity contribution in [3.63, 3.8) is 0 Å². The minimum atomic E-state index is -2.16. The number of ether oxygens (including phenoxy) is 1. The van der Waals surface area contributed by atoms with E-state index in [0.717, 1.165) is 0 Å². The first-order valence-electron chi connectivity index (χ1n) is 8.97. The highest BCUT2D eigenvalue weighted by Crippen LogP contribution is 2.30. The maximum Gasteiger partial charge on any atom is 0.388 e. The van der Waals surface area contributed by atoms with Crippen LogP contribution in [-0.4, -0.2) is 28.1 Å². The SMILES string of the molecule is CC(C)CC[C@@](CO)(C(=O)OC(c1ccccc1)c1ccccc1)[N+](=O)[O-]. The van der Waals surface area contributed by atoms with Crippen molar-refractivity contribution in [3.05, 3.63) is 81.9 Å². The van der Waals surface area contributed by atoms with Crippen molar-refractivity contribution in [3.8, 4) is 0 Å². The Morgan fingerprint density at radius 2 is 1.56 bits per heavy atom. The van der Waals surface area contributed by atoms with E-state index in [4.69, 9.17) is 4.74 Å². The maximum atomic E-state index is 12.9. The van der Waals surface area contributed by atoms with E-state index in [1.165, 1.54) is 0 Å². The number of rotatable bonds is 9. The Hall–Kier alpha value is -2.73. The standard InChI is InChI=1S/C21H25NO5/c1-16(2)13-14-21(15-23,22(25)26)20(24)27-19(17-9-5-3-6-10-17)18-11-7-4-8-12-18/h3-12,16,19,23H,13-15H2,1-2H3/t21-/m1/s1. The van der Waals surface area contributed by atoms with Gasteiger partial charge in [-0.25, -0.2) is 4.79 Å². The highest BCUT2D eigenvalue weighted by molar-refractivity contribution is 5.80. The monoisotopic (exact) mass is 371 g/mol. The van der Waals surface area contributed by atoms with Gasteiger partial charge in [0.25, 0.3) is 0 Å². The van der Waals surface area contributed by atoms with Crippen LogP contribution in [0.3, 0.4) is 0 Å². The third-order valence-electron chi connectivity index (χ3n) is 4.56. The smallest absolute Gasteiger partial charge is 0.388 e. The van der Waals surface area contributed by atoms with E-state index in [0.29, 0.717) is 17.5 Å². The highest BCUT2D eigenvalue weighted by atomic mass is 16.6. The van der Waals surface area contributed by atoms with Crippen molar-refractivity contribution in [1.82, 2.24) is 0 Å². The number of hydrogen-bond acceptors (Lipinski definition) is 5. The minimum Gasteiger partial charge on any atom is -0.447 e. The van der Waals surface area contributed by atoms with Crippen LogP contribution in [0.2, 0.25) is 0 Å². The fourth-order valence-corrected chi connectivity index (χ4v) is 2.80. The average molecular weight is 371 g/mol. The molecule has 0 unspecified atom stereocenters. The number of carbonyl (C=O) groups excluding carboxylic acids is 1. The van der Waals surface area contributed by atoms with Gasteiger partial charge >= 0.3 is 11.5 Å². The second-order valence-electron chi connectivity index (χ2n) is 6.99. The first-order chi connectivity index (χ1) is 12.9. The van der Waals surface area contributed by atoms with Crippen LogP contribution in [0.15, 0.2) is 60.7 Å². The van der Waals surface area contributed by atoms with Crippen molar-refractivity contribution in [2.24, 2.45) is 5.92 Å². The van der Waals surface area contributed by atoms with E-state index in [-0.39, 0.29) is 12.3 Å². The third-order valence-corrected chi connectivity index (χ3v) is 4.56.